The number of hydrogen-bond donors (Lipinski definition) is 5. The zero-order valence-corrected chi connectivity index (χ0v) is 44.6. The lowest BCUT2D eigenvalue weighted by Crippen LogP contribution is -2.58. The summed E-state index contributed by atoms with van der Waals surface area (Å²) in [5.74, 6) is -2.41. The Balaban J connectivity index is 3.94. The minimum atomic E-state index is -1.63. The lowest BCUT2D eigenvalue weighted by atomic mass is 9.49. The molecule has 3 amide bonds. The number of esters is 1. The second kappa shape index (κ2) is 21.1. The van der Waals surface area contributed by atoms with Crippen molar-refractivity contribution in [2.24, 2.45) is 55.2 Å². The van der Waals surface area contributed by atoms with Crippen molar-refractivity contribution in [1.29, 1.82) is 0 Å². The van der Waals surface area contributed by atoms with Crippen molar-refractivity contribution in [3.05, 3.63) is 0 Å². The zero-order valence-electron chi connectivity index (χ0n) is 44.6. The summed E-state index contributed by atoms with van der Waals surface area (Å²) in [5, 5.41) is 37.3. The molecular formula is C51H97N4O9+. The van der Waals surface area contributed by atoms with Gasteiger partial charge in [0.15, 0.2) is 12.5 Å². The van der Waals surface area contributed by atoms with Crippen LogP contribution in [0.3, 0.4) is 0 Å². The number of aliphatic hydroxyl groups is 3. The molecule has 5 N–H and O–H groups in total. The van der Waals surface area contributed by atoms with Crippen LogP contribution in [0.1, 0.15) is 170 Å². The molecule has 1 aliphatic rings. The SMILES string of the molecule is CC(C)(C)CC(C(=O)NC(O)C=O)C(C)(C)C(C)(C)CC(N1CCCC1=O)C(C)(C)C(C)(C)CC(C(=O)OCCO)C(C)(C)C(C)(C)CC(C)(C(=O)NCCC[N+](C)(C)C)C(C)(C)O. The maximum atomic E-state index is 14.5. The number of amides is 3. The Bertz CT molecular complexity index is 1600. The second-order valence-electron chi connectivity index (χ2n) is 26.0. The number of nitrogens with zero attached hydrogens (tertiary/aromatic N) is 2. The fourth-order valence-electron chi connectivity index (χ4n) is 9.75. The number of likely N-dealkylation sites (tertiary alicyclic amines) is 1. The van der Waals surface area contributed by atoms with Crippen LogP contribution in [-0.2, 0) is 28.7 Å². The molecule has 0 radical (unpaired) electrons. The second-order valence-corrected chi connectivity index (χ2v) is 26.0. The first kappa shape index (κ1) is 59.4. The molecule has 13 heteroatoms. The van der Waals surface area contributed by atoms with Crippen LogP contribution in [-0.4, -0.2) is 127 Å². The number of ether oxygens (including phenoxy) is 1. The van der Waals surface area contributed by atoms with E-state index in [9.17, 15) is 39.3 Å². The van der Waals surface area contributed by atoms with E-state index in [1.165, 1.54) is 0 Å². The van der Waals surface area contributed by atoms with Gasteiger partial charge in [0, 0.05) is 37.9 Å². The maximum absolute atomic E-state index is 14.5. The summed E-state index contributed by atoms with van der Waals surface area (Å²) in [5.41, 5.74) is -7.14. The minimum absolute atomic E-state index is 0.0580. The fraction of sp³-hybridized carbons (Fsp3) is 0.902. The molecule has 0 aliphatic carbocycles. The lowest BCUT2D eigenvalue weighted by Gasteiger charge is -2.57. The Labute approximate surface area is 389 Å². The molecule has 5 atom stereocenters. The van der Waals surface area contributed by atoms with E-state index in [4.69, 9.17) is 4.74 Å². The van der Waals surface area contributed by atoms with Crippen LogP contribution in [0.25, 0.3) is 0 Å². The van der Waals surface area contributed by atoms with Crippen molar-refractivity contribution in [3.63, 3.8) is 0 Å². The molecule has 1 heterocycles. The van der Waals surface area contributed by atoms with Crippen LogP contribution in [0.5, 0.6) is 0 Å². The van der Waals surface area contributed by atoms with E-state index in [1.54, 1.807) is 20.8 Å². The van der Waals surface area contributed by atoms with Gasteiger partial charge < -0.3 is 40.1 Å². The molecule has 0 spiro atoms. The number of carbonyl (C=O) groups excluding carboxylic acids is 5. The number of hydrogen-bond acceptors (Lipinski definition) is 9. The molecule has 5 unspecified atom stereocenters. The van der Waals surface area contributed by atoms with Crippen molar-refractivity contribution in [2.45, 2.75) is 187 Å². The highest BCUT2D eigenvalue weighted by Gasteiger charge is 2.59. The summed E-state index contributed by atoms with van der Waals surface area (Å²) in [6, 6.07) is -0.338. The normalized spacial score (nSPS) is 18.2. The van der Waals surface area contributed by atoms with E-state index in [2.05, 4.69) is 108 Å². The molecule has 1 rings (SSSR count). The number of aldehydes is 1. The van der Waals surface area contributed by atoms with Crippen LogP contribution >= 0.6 is 0 Å². The van der Waals surface area contributed by atoms with Crippen LogP contribution in [0, 0.1) is 55.2 Å². The Kier molecular flexibility index (Phi) is 19.6. The molecular weight excluding hydrogens is 813 g/mol. The Morgan fingerprint density at radius 2 is 1.30 bits per heavy atom. The zero-order chi connectivity index (χ0) is 50.5. The first-order valence-corrected chi connectivity index (χ1v) is 23.8. The Morgan fingerprint density at radius 3 is 1.73 bits per heavy atom. The average molecular weight is 910 g/mol. The molecule has 0 aromatic heterocycles. The average Bonchev–Trinajstić information content (AvgIpc) is 3.55. The van der Waals surface area contributed by atoms with Crippen LogP contribution in [0.15, 0.2) is 0 Å². The van der Waals surface area contributed by atoms with Crippen molar-refractivity contribution in [3.8, 4) is 0 Å². The van der Waals surface area contributed by atoms with Gasteiger partial charge in [-0.2, -0.15) is 0 Å². The number of nitrogens with one attached hydrogen (secondary N) is 2. The Morgan fingerprint density at radius 1 is 0.781 bits per heavy atom. The van der Waals surface area contributed by atoms with Crippen LogP contribution < -0.4 is 10.6 Å². The van der Waals surface area contributed by atoms with Gasteiger partial charge in [-0.15, -0.1) is 0 Å². The molecule has 0 aromatic carbocycles. The number of aliphatic hydroxyl groups excluding tert-OH is 2. The van der Waals surface area contributed by atoms with E-state index in [-0.39, 0.29) is 42.9 Å². The van der Waals surface area contributed by atoms with E-state index in [0.29, 0.717) is 45.1 Å². The predicted octanol–water partition coefficient (Wildman–Crippen LogP) is 7.13. The molecule has 13 nitrogen and oxygen atoms in total. The van der Waals surface area contributed by atoms with Gasteiger partial charge in [0.25, 0.3) is 0 Å². The monoisotopic (exact) mass is 910 g/mol. The van der Waals surface area contributed by atoms with Gasteiger partial charge in [-0.25, -0.2) is 0 Å². The molecule has 1 fully saturated rings. The van der Waals surface area contributed by atoms with Crippen molar-refractivity contribution in [1.82, 2.24) is 15.5 Å². The van der Waals surface area contributed by atoms with Gasteiger partial charge in [0.2, 0.25) is 17.7 Å². The van der Waals surface area contributed by atoms with Crippen LogP contribution in [0.4, 0.5) is 0 Å². The molecule has 64 heavy (non-hydrogen) atoms. The largest absolute Gasteiger partial charge is 0.463 e. The molecule has 0 aromatic rings. The summed E-state index contributed by atoms with van der Waals surface area (Å²) in [6.07, 6.45) is 2.16. The molecule has 1 aliphatic heterocycles. The first-order chi connectivity index (χ1) is 28.5. The van der Waals surface area contributed by atoms with Crippen LogP contribution in [0.2, 0.25) is 0 Å². The van der Waals surface area contributed by atoms with Gasteiger partial charge >= 0.3 is 5.97 Å². The first-order valence-electron chi connectivity index (χ1n) is 23.8. The van der Waals surface area contributed by atoms with Crippen molar-refractivity contribution in [2.75, 3.05) is 54.0 Å². The topological polar surface area (TPSA) is 183 Å². The van der Waals surface area contributed by atoms with Gasteiger partial charge in [0.05, 0.1) is 51.2 Å². The summed E-state index contributed by atoms with van der Waals surface area (Å²) >= 11 is 0. The third kappa shape index (κ3) is 14.4. The summed E-state index contributed by atoms with van der Waals surface area (Å²) in [4.78, 5) is 70.0. The third-order valence-corrected chi connectivity index (χ3v) is 16.8. The third-order valence-electron chi connectivity index (χ3n) is 16.8. The van der Waals surface area contributed by atoms with Crippen molar-refractivity contribution < 1.29 is 48.5 Å². The van der Waals surface area contributed by atoms with E-state index in [0.717, 1.165) is 23.9 Å². The van der Waals surface area contributed by atoms with Gasteiger partial charge in [0.1, 0.15) is 6.61 Å². The van der Waals surface area contributed by atoms with Gasteiger partial charge in [-0.1, -0.05) is 104 Å². The molecule has 0 saturated carbocycles. The standard InChI is InChI=1S/C51H96N4O9/c1-43(2,3)30-35(40(60)53-38(58)33-57)47(10,11)45(6,7)32-37(54-26-22-24-39(54)59)49(14,15)44(4,5)31-36(41(61)64-29-28-56)48(12,13)46(8,9)34-51(18,50(16,17)63)42(62)52-25-23-27-55(19,20)21/h33,35-38,56,58,63H,22-32,34H2,1-21H3,(H-,52,53,60,62)/p+1. The highest BCUT2D eigenvalue weighted by molar-refractivity contribution is 5.84. The van der Waals surface area contributed by atoms with E-state index < -0.39 is 73.4 Å². The molecule has 374 valence electrons. The van der Waals surface area contributed by atoms with Crippen molar-refractivity contribution >= 4 is 30.0 Å². The quantitative estimate of drug-likeness (QED) is 0.0198. The smallest absolute Gasteiger partial charge is 0.309 e. The lowest BCUT2D eigenvalue weighted by molar-refractivity contribution is -0.870. The van der Waals surface area contributed by atoms with E-state index in [1.807, 2.05) is 32.6 Å². The highest BCUT2D eigenvalue weighted by atomic mass is 16.5. The fourth-order valence-corrected chi connectivity index (χ4v) is 9.75. The number of rotatable bonds is 26. The number of carbonyl (C=O) groups is 5. The van der Waals surface area contributed by atoms with E-state index >= 15 is 0 Å². The highest BCUT2D eigenvalue weighted by Crippen LogP contribution is 2.60. The number of quaternary nitrogens is 1. The molecule has 1 saturated heterocycles. The predicted molar refractivity (Wildman–Crippen MR) is 256 cm³/mol. The summed E-state index contributed by atoms with van der Waals surface area (Å²) < 4.78 is 6.56. The maximum Gasteiger partial charge on any atom is 0.309 e. The van der Waals surface area contributed by atoms with Gasteiger partial charge in [-0.3, -0.25) is 24.0 Å². The van der Waals surface area contributed by atoms with Gasteiger partial charge in [-0.05, 0) is 90.8 Å². The Hall–Kier alpha value is -2.61. The minimum Gasteiger partial charge on any atom is -0.463 e. The molecule has 0 bridgehead atoms. The summed E-state index contributed by atoms with van der Waals surface area (Å²) in [7, 11) is 6.30. The summed E-state index contributed by atoms with van der Waals surface area (Å²) in [6.45, 7) is 37.8.